The molecule has 3 aliphatic rings. The van der Waals surface area contributed by atoms with Crippen LogP contribution in [0.4, 0.5) is 0 Å². The van der Waals surface area contributed by atoms with Gasteiger partial charge in [0.2, 0.25) is 11.8 Å². The van der Waals surface area contributed by atoms with Crippen molar-refractivity contribution in [2.75, 3.05) is 32.7 Å². The molecule has 8 nitrogen and oxygen atoms in total. The molecule has 3 amide bonds. The Labute approximate surface area is 171 Å². The lowest BCUT2D eigenvalue weighted by Gasteiger charge is -2.33. The molecule has 2 saturated heterocycles. The quantitative estimate of drug-likeness (QED) is 0.770. The second-order valence-corrected chi connectivity index (χ2v) is 8.67. The molecule has 3 fully saturated rings. The van der Waals surface area contributed by atoms with E-state index in [1.807, 2.05) is 16.7 Å². The zero-order valence-electron chi connectivity index (χ0n) is 17.0. The van der Waals surface area contributed by atoms with E-state index in [0.29, 0.717) is 50.1 Å². The predicted octanol–water partition coefficient (Wildman–Crippen LogP) is 1.01. The van der Waals surface area contributed by atoms with Gasteiger partial charge < -0.3 is 15.1 Å². The number of piperidine rings is 1. The number of nitrogens with zero attached hydrogens (tertiary/aromatic N) is 4. The predicted molar refractivity (Wildman–Crippen MR) is 106 cm³/mol. The molecule has 1 aromatic heterocycles. The standard InChI is InChI=1S/C21H29N5O3/c1-14-9-23-18(11-22-14)21(29)25-6-4-16(5-7-25)12-26-13-17(8-19(26)27)20(28)24-10-15-2-3-15/h9,11,15-17H,2-8,10,12-13H2,1H3,(H,24,28). The Bertz CT molecular complexity index is 769. The first kappa shape index (κ1) is 19.8. The van der Waals surface area contributed by atoms with Gasteiger partial charge in [-0.15, -0.1) is 0 Å². The highest BCUT2D eigenvalue weighted by Crippen LogP contribution is 2.28. The molecule has 156 valence electrons. The normalized spacial score (nSPS) is 22.8. The molecule has 29 heavy (non-hydrogen) atoms. The SMILES string of the molecule is Cc1cnc(C(=O)N2CCC(CN3CC(C(=O)NCC4CC4)CC3=O)CC2)cn1. The Kier molecular flexibility index (Phi) is 5.78. The summed E-state index contributed by atoms with van der Waals surface area (Å²) in [5, 5.41) is 3.00. The lowest BCUT2D eigenvalue weighted by molar-refractivity contribution is -0.129. The number of aryl methyl sites for hydroxylation is 1. The molecular weight excluding hydrogens is 370 g/mol. The van der Waals surface area contributed by atoms with Crippen molar-refractivity contribution in [2.24, 2.45) is 17.8 Å². The summed E-state index contributed by atoms with van der Waals surface area (Å²) in [4.78, 5) is 49.2. The summed E-state index contributed by atoms with van der Waals surface area (Å²) in [6, 6.07) is 0. The molecule has 3 heterocycles. The molecule has 1 unspecified atom stereocenters. The highest BCUT2D eigenvalue weighted by molar-refractivity contribution is 5.92. The smallest absolute Gasteiger partial charge is 0.274 e. The molecule has 1 aliphatic carbocycles. The van der Waals surface area contributed by atoms with Gasteiger partial charge in [-0.3, -0.25) is 19.4 Å². The van der Waals surface area contributed by atoms with Crippen molar-refractivity contribution < 1.29 is 14.4 Å². The van der Waals surface area contributed by atoms with Crippen LogP contribution in [0, 0.1) is 24.7 Å². The van der Waals surface area contributed by atoms with E-state index in [2.05, 4.69) is 15.3 Å². The fraction of sp³-hybridized carbons (Fsp3) is 0.667. The van der Waals surface area contributed by atoms with Gasteiger partial charge in [-0.25, -0.2) is 4.98 Å². The van der Waals surface area contributed by atoms with Gasteiger partial charge in [0.25, 0.3) is 5.91 Å². The number of carbonyl (C=O) groups excluding carboxylic acids is 3. The molecule has 1 saturated carbocycles. The van der Waals surface area contributed by atoms with Crippen LogP contribution in [0.3, 0.4) is 0 Å². The molecule has 8 heteroatoms. The summed E-state index contributed by atoms with van der Waals surface area (Å²) in [6.45, 7) is 5.11. The Morgan fingerprint density at radius 1 is 1.10 bits per heavy atom. The number of amides is 3. The van der Waals surface area contributed by atoms with E-state index in [-0.39, 0.29) is 23.6 Å². The van der Waals surface area contributed by atoms with Crippen molar-refractivity contribution >= 4 is 17.7 Å². The average Bonchev–Trinajstić information content (AvgIpc) is 3.49. The van der Waals surface area contributed by atoms with Crippen LogP contribution in [-0.2, 0) is 9.59 Å². The average molecular weight is 399 g/mol. The van der Waals surface area contributed by atoms with Crippen molar-refractivity contribution in [3.8, 4) is 0 Å². The first-order valence-corrected chi connectivity index (χ1v) is 10.6. The number of nitrogens with one attached hydrogen (secondary N) is 1. The van der Waals surface area contributed by atoms with Crippen LogP contribution in [0.15, 0.2) is 12.4 Å². The van der Waals surface area contributed by atoms with E-state index in [4.69, 9.17) is 0 Å². The van der Waals surface area contributed by atoms with E-state index in [0.717, 1.165) is 25.1 Å². The van der Waals surface area contributed by atoms with Crippen LogP contribution >= 0.6 is 0 Å². The highest BCUT2D eigenvalue weighted by Gasteiger charge is 2.36. The minimum atomic E-state index is -0.219. The Balaban J connectivity index is 1.23. The van der Waals surface area contributed by atoms with Crippen LogP contribution in [0.2, 0.25) is 0 Å². The van der Waals surface area contributed by atoms with Gasteiger partial charge in [0.15, 0.2) is 0 Å². The van der Waals surface area contributed by atoms with Crippen LogP contribution < -0.4 is 5.32 Å². The summed E-state index contributed by atoms with van der Waals surface area (Å²) in [7, 11) is 0. The van der Waals surface area contributed by atoms with Crippen molar-refractivity contribution in [1.82, 2.24) is 25.1 Å². The fourth-order valence-corrected chi connectivity index (χ4v) is 4.13. The van der Waals surface area contributed by atoms with Gasteiger partial charge in [0.1, 0.15) is 5.69 Å². The topological polar surface area (TPSA) is 95.5 Å². The van der Waals surface area contributed by atoms with E-state index in [1.54, 1.807) is 6.20 Å². The lowest BCUT2D eigenvalue weighted by atomic mass is 9.96. The van der Waals surface area contributed by atoms with E-state index in [9.17, 15) is 14.4 Å². The molecule has 2 aliphatic heterocycles. The number of aromatic nitrogens is 2. The second kappa shape index (κ2) is 8.47. The van der Waals surface area contributed by atoms with Gasteiger partial charge in [0, 0.05) is 45.3 Å². The van der Waals surface area contributed by atoms with Gasteiger partial charge in [0.05, 0.1) is 17.8 Å². The molecule has 1 atom stereocenters. The number of carbonyl (C=O) groups is 3. The van der Waals surface area contributed by atoms with E-state index >= 15 is 0 Å². The summed E-state index contributed by atoms with van der Waals surface area (Å²) in [5.74, 6) is 0.798. The fourth-order valence-electron chi connectivity index (χ4n) is 4.13. The molecule has 4 rings (SSSR count). The van der Waals surface area contributed by atoms with Crippen molar-refractivity contribution in [2.45, 2.75) is 39.0 Å². The zero-order chi connectivity index (χ0) is 20.4. The highest BCUT2D eigenvalue weighted by atomic mass is 16.2. The number of hydrogen-bond donors (Lipinski definition) is 1. The largest absolute Gasteiger partial charge is 0.356 e. The maximum atomic E-state index is 12.6. The van der Waals surface area contributed by atoms with Crippen LogP contribution in [0.1, 0.15) is 48.3 Å². The van der Waals surface area contributed by atoms with Crippen molar-refractivity contribution in [1.29, 1.82) is 0 Å². The molecule has 1 N–H and O–H groups in total. The third-order valence-corrected chi connectivity index (χ3v) is 6.23. The second-order valence-electron chi connectivity index (χ2n) is 8.67. The van der Waals surface area contributed by atoms with Gasteiger partial charge in [-0.1, -0.05) is 0 Å². The van der Waals surface area contributed by atoms with Gasteiger partial charge in [-0.05, 0) is 44.4 Å². The Morgan fingerprint density at radius 2 is 1.86 bits per heavy atom. The minimum Gasteiger partial charge on any atom is -0.356 e. The zero-order valence-corrected chi connectivity index (χ0v) is 17.0. The van der Waals surface area contributed by atoms with Crippen molar-refractivity contribution in [3.63, 3.8) is 0 Å². The van der Waals surface area contributed by atoms with E-state index in [1.165, 1.54) is 19.0 Å². The van der Waals surface area contributed by atoms with Crippen molar-refractivity contribution in [3.05, 3.63) is 23.8 Å². The molecule has 0 aromatic carbocycles. The molecule has 0 bridgehead atoms. The number of likely N-dealkylation sites (tertiary alicyclic amines) is 2. The van der Waals surface area contributed by atoms with Crippen LogP contribution in [0.5, 0.6) is 0 Å². The maximum absolute atomic E-state index is 12.6. The monoisotopic (exact) mass is 399 g/mol. The van der Waals surface area contributed by atoms with Gasteiger partial charge in [-0.2, -0.15) is 0 Å². The Morgan fingerprint density at radius 3 is 2.52 bits per heavy atom. The third-order valence-electron chi connectivity index (χ3n) is 6.23. The summed E-state index contributed by atoms with van der Waals surface area (Å²) >= 11 is 0. The lowest BCUT2D eigenvalue weighted by Crippen LogP contribution is -2.42. The molecular formula is C21H29N5O3. The summed E-state index contributed by atoms with van der Waals surface area (Å²) < 4.78 is 0. The molecule has 0 spiro atoms. The van der Waals surface area contributed by atoms with Gasteiger partial charge >= 0.3 is 0 Å². The number of rotatable bonds is 6. The third kappa shape index (κ3) is 4.92. The molecule has 1 aromatic rings. The molecule has 0 radical (unpaired) electrons. The van der Waals surface area contributed by atoms with Crippen LogP contribution in [0.25, 0.3) is 0 Å². The minimum absolute atomic E-state index is 0.0207. The first-order valence-electron chi connectivity index (χ1n) is 10.6. The maximum Gasteiger partial charge on any atom is 0.274 e. The summed E-state index contributed by atoms with van der Waals surface area (Å²) in [5.41, 5.74) is 1.17. The van der Waals surface area contributed by atoms with E-state index < -0.39 is 0 Å². The van der Waals surface area contributed by atoms with Crippen LogP contribution in [-0.4, -0.2) is 70.2 Å². The summed E-state index contributed by atoms with van der Waals surface area (Å²) in [6.07, 6.45) is 7.57. The number of hydrogen-bond acceptors (Lipinski definition) is 5. The Hall–Kier alpha value is -2.51. The first-order chi connectivity index (χ1) is 14.0.